The first-order chi connectivity index (χ1) is 6.18. The zero-order valence-corrected chi connectivity index (χ0v) is 9.01. The molecule has 0 spiro atoms. The molecule has 0 aromatic heterocycles. The molecule has 13 heavy (non-hydrogen) atoms. The molecule has 0 bridgehead atoms. The molecule has 0 aliphatic heterocycles. The maximum atomic E-state index is 5.93. The maximum Gasteiger partial charge on any atom is 0.0804 e. The first-order valence-corrected chi connectivity index (χ1v) is 5.52. The van der Waals surface area contributed by atoms with E-state index < -0.39 is 0 Å². The van der Waals surface area contributed by atoms with Crippen LogP contribution in [0.25, 0.3) is 0 Å². The Balaban J connectivity index is 2.23. The van der Waals surface area contributed by atoms with E-state index in [1.165, 1.54) is 25.7 Å². The molecule has 0 amide bonds. The van der Waals surface area contributed by atoms with Gasteiger partial charge in [-0.2, -0.15) is 0 Å². The molecule has 1 rings (SSSR count). The topological polar surface area (TPSA) is 35.2 Å². The largest absolute Gasteiger partial charge is 0.374 e. The van der Waals surface area contributed by atoms with Crippen LogP contribution < -0.4 is 5.73 Å². The molecule has 78 valence electrons. The first-order valence-electron chi connectivity index (χ1n) is 5.52. The van der Waals surface area contributed by atoms with Crippen LogP contribution in [0.5, 0.6) is 0 Å². The fraction of sp³-hybridized carbons (Fsp3) is 1.00. The lowest BCUT2D eigenvalue weighted by Crippen LogP contribution is -2.38. The summed E-state index contributed by atoms with van der Waals surface area (Å²) in [4.78, 5) is 0. The minimum atomic E-state index is 0.0505. The van der Waals surface area contributed by atoms with E-state index in [9.17, 15) is 0 Å². The minimum absolute atomic E-state index is 0.0505. The van der Waals surface area contributed by atoms with Gasteiger partial charge in [0.15, 0.2) is 0 Å². The van der Waals surface area contributed by atoms with Crippen molar-refractivity contribution in [1.29, 1.82) is 0 Å². The molecule has 0 aromatic rings. The molecule has 1 aliphatic rings. The van der Waals surface area contributed by atoms with Crippen molar-refractivity contribution in [3.8, 4) is 0 Å². The smallest absolute Gasteiger partial charge is 0.0804 e. The van der Waals surface area contributed by atoms with Crippen LogP contribution in [-0.4, -0.2) is 18.8 Å². The lowest BCUT2D eigenvalue weighted by Gasteiger charge is -2.28. The van der Waals surface area contributed by atoms with Gasteiger partial charge in [0.05, 0.1) is 5.60 Å². The molecule has 2 heteroatoms. The van der Waals surface area contributed by atoms with Crippen LogP contribution in [0.3, 0.4) is 0 Å². The summed E-state index contributed by atoms with van der Waals surface area (Å²) in [6.45, 7) is 6.04. The zero-order chi connectivity index (χ0) is 9.73. The third-order valence-corrected chi connectivity index (χ3v) is 2.99. The van der Waals surface area contributed by atoms with Gasteiger partial charge in [0.25, 0.3) is 0 Å². The molecule has 2 nitrogen and oxygen atoms in total. The van der Waals surface area contributed by atoms with E-state index in [-0.39, 0.29) is 5.60 Å². The van der Waals surface area contributed by atoms with Crippen molar-refractivity contribution >= 4 is 0 Å². The predicted molar refractivity (Wildman–Crippen MR) is 55.7 cm³/mol. The van der Waals surface area contributed by atoms with E-state index in [0.29, 0.717) is 6.54 Å². The molecule has 1 saturated carbocycles. The third kappa shape index (κ3) is 3.28. The van der Waals surface area contributed by atoms with Gasteiger partial charge in [-0.3, -0.25) is 0 Å². The van der Waals surface area contributed by atoms with Crippen LogP contribution in [-0.2, 0) is 4.74 Å². The second-order valence-corrected chi connectivity index (χ2v) is 4.63. The Bertz CT molecular complexity index is 139. The van der Waals surface area contributed by atoms with E-state index in [1.807, 2.05) is 0 Å². The lowest BCUT2D eigenvalue weighted by molar-refractivity contribution is -0.0376. The van der Waals surface area contributed by atoms with E-state index in [2.05, 4.69) is 13.8 Å². The Morgan fingerprint density at radius 2 is 1.92 bits per heavy atom. The van der Waals surface area contributed by atoms with Gasteiger partial charge in [-0.05, 0) is 25.2 Å². The average Bonchev–Trinajstić information content (AvgIpc) is 2.53. The predicted octanol–water partition coefficient (Wildman–Crippen LogP) is 2.32. The van der Waals surface area contributed by atoms with E-state index in [4.69, 9.17) is 10.5 Å². The molecule has 0 aromatic carbocycles. The highest BCUT2D eigenvalue weighted by molar-refractivity contribution is 4.87. The zero-order valence-electron chi connectivity index (χ0n) is 9.01. The average molecular weight is 185 g/mol. The van der Waals surface area contributed by atoms with Gasteiger partial charge in [-0.15, -0.1) is 0 Å². The van der Waals surface area contributed by atoms with Crippen molar-refractivity contribution in [2.24, 2.45) is 11.7 Å². The molecule has 1 aliphatic carbocycles. The van der Waals surface area contributed by atoms with Crippen molar-refractivity contribution in [1.82, 2.24) is 0 Å². The minimum Gasteiger partial charge on any atom is -0.374 e. The van der Waals surface area contributed by atoms with Gasteiger partial charge in [-0.25, -0.2) is 0 Å². The summed E-state index contributed by atoms with van der Waals surface area (Å²) < 4.78 is 5.93. The van der Waals surface area contributed by atoms with E-state index in [0.717, 1.165) is 18.9 Å². The van der Waals surface area contributed by atoms with Gasteiger partial charge in [0.1, 0.15) is 0 Å². The van der Waals surface area contributed by atoms with Crippen molar-refractivity contribution in [2.45, 2.75) is 51.6 Å². The Morgan fingerprint density at radius 3 is 2.38 bits per heavy atom. The molecular formula is C11H23NO. The second-order valence-electron chi connectivity index (χ2n) is 4.63. The van der Waals surface area contributed by atoms with Crippen molar-refractivity contribution < 1.29 is 4.74 Å². The highest BCUT2D eigenvalue weighted by Gasteiger charge is 2.32. The van der Waals surface area contributed by atoms with Crippen molar-refractivity contribution in [3.63, 3.8) is 0 Å². The van der Waals surface area contributed by atoms with Gasteiger partial charge >= 0.3 is 0 Å². The summed E-state index contributed by atoms with van der Waals surface area (Å²) >= 11 is 0. The highest BCUT2D eigenvalue weighted by Crippen LogP contribution is 2.32. The van der Waals surface area contributed by atoms with E-state index in [1.54, 1.807) is 0 Å². The Kier molecular flexibility index (Phi) is 4.20. The number of hydrogen-bond donors (Lipinski definition) is 1. The van der Waals surface area contributed by atoms with Gasteiger partial charge in [-0.1, -0.05) is 26.7 Å². The summed E-state index contributed by atoms with van der Waals surface area (Å²) in [5, 5.41) is 0. The molecule has 0 saturated heterocycles. The molecular weight excluding hydrogens is 162 g/mol. The quantitative estimate of drug-likeness (QED) is 0.713. The van der Waals surface area contributed by atoms with Crippen LogP contribution in [0.15, 0.2) is 0 Å². The molecule has 0 radical (unpaired) electrons. The maximum absolute atomic E-state index is 5.93. The first kappa shape index (κ1) is 11.0. The number of ether oxygens (including phenoxy) is 1. The lowest BCUT2D eigenvalue weighted by atomic mass is 10.0. The van der Waals surface area contributed by atoms with Gasteiger partial charge in [0.2, 0.25) is 0 Å². The van der Waals surface area contributed by atoms with Gasteiger partial charge in [0, 0.05) is 13.2 Å². The number of hydrogen-bond acceptors (Lipinski definition) is 2. The number of rotatable bonds is 5. The van der Waals surface area contributed by atoms with Crippen LogP contribution in [0.2, 0.25) is 0 Å². The summed E-state index contributed by atoms with van der Waals surface area (Å²) in [7, 11) is 0. The third-order valence-electron chi connectivity index (χ3n) is 2.99. The Hall–Kier alpha value is -0.0800. The standard InChI is InChI=1S/C11H23NO/c1-10(2)5-8-13-11(9-12)6-3-4-7-11/h10H,3-9,12H2,1-2H3. The fourth-order valence-electron chi connectivity index (χ4n) is 1.94. The van der Waals surface area contributed by atoms with Crippen molar-refractivity contribution in [2.75, 3.05) is 13.2 Å². The molecule has 0 unspecified atom stereocenters. The molecule has 1 fully saturated rings. The molecule has 0 atom stereocenters. The summed E-state index contributed by atoms with van der Waals surface area (Å²) in [5.41, 5.74) is 5.81. The summed E-state index contributed by atoms with van der Waals surface area (Å²) in [6.07, 6.45) is 6.07. The summed E-state index contributed by atoms with van der Waals surface area (Å²) in [5.74, 6) is 0.733. The Labute approximate surface area is 81.8 Å². The van der Waals surface area contributed by atoms with Crippen molar-refractivity contribution in [3.05, 3.63) is 0 Å². The normalized spacial score (nSPS) is 21.2. The SMILES string of the molecule is CC(C)CCOC1(CN)CCCC1. The van der Waals surface area contributed by atoms with Crippen LogP contribution in [0.1, 0.15) is 46.0 Å². The highest BCUT2D eigenvalue weighted by atomic mass is 16.5. The summed E-state index contributed by atoms with van der Waals surface area (Å²) in [6, 6.07) is 0. The second kappa shape index (κ2) is 4.97. The van der Waals surface area contributed by atoms with Crippen LogP contribution in [0.4, 0.5) is 0 Å². The fourth-order valence-corrected chi connectivity index (χ4v) is 1.94. The number of nitrogens with two attached hydrogens (primary N) is 1. The van der Waals surface area contributed by atoms with E-state index >= 15 is 0 Å². The van der Waals surface area contributed by atoms with Crippen LogP contribution in [0, 0.1) is 5.92 Å². The Morgan fingerprint density at radius 1 is 1.31 bits per heavy atom. The van der Waals surface area contributed by atoms with Gasteiger partial charge < -0.3 is 10.5 Å². The monoisotopic (exact) mass is 185 g/mol. The molecule has 2 N–H and O–H groups in total. The molecule has 0 heterocycles. The van der Waals surface area contributed by atoms with Crippen LogP contribution >= 0.6 is 0 Å².